The molecule has 0 aliphatic carbocycles. The van der Waals surface area contributed by atoms with E-state index in [0.717, 1.165) is 24.1 Å². The van der Waals surface area contributed by atoms with E-state index in [9.17, 15) is 13.2 Å². The Balaban J connectivity index is 1.50. The number of aryl methyl sites for hydroxylation is 1. The maximum absolute atomic E-state index is 13.2. The molecule has 6 nitrogen and oxygen atoms in total. The smallest absolute Gasteiger partial charge is 0.264 e. The molecular weight excluding hydrogens is 412 g/mol. The quantitative estimate of drug-likeness (QED) is 0.618. The molecule has 0 atom stereocenters. The van der Waals surface area contributed by atoms with Crippen LogP contribution < -0.4 is 14.4 Å². The minimum atomic E-state index is -3.68. The first-order valence-corrected chi connectivity index (χ1v) is 11.7. The zero-order valence-corrected chi connectivity index (χ0v) is 18.1. The van der Waals surface area contributed by atoms with E-state index in [1.165, 1.54) is 16.4 Å². The highest BCUT2D eigenvalue weighted by Crippen LogP contribution is 2.32. The van der Waals surface area contributed by atoms with Crippen molar-refractivity contribution in [3.05, 3.63) is 83.9 Å². The Labute approximate surface area is 182 Å². The van der Waals surface area contributed by atoms with E-state index < -0.39 is 10.0 Å². The van der Waals surface area contributed by atoms with E-state index in [1.54, 1.807) is 36.4 Å². The molecule has 0 saturated heterocycles. The number of amides is 1. The number of anilines is 2. The molecule has 31 heavy (non-hydrogen) atoms. The molecule has 160 valence electrons. The number of carbonyl (C=O) groups is 1. The number of hydrogen-bond acceptors (Lipinski definition) is 4. The van der Waals surface area contributed by atoms with E-state index in [1.807, 2.05) is 31.2 Å². The highest BCUT2D eigenvalue weighted by Gasteiger charge is 2.28. The van der Waals surface area contributed by atoms with Crippen LogP contribution in [0.2, 0.25) is 0 Å². The molecular formula is C24H24N2O4S. The average molecular weight is 437 g/mol. The van der Waals surface area contributed by atoms with Gasteiger partial charge >= 0.3 is 0 Å². The largest absolute Gasteiger partial charge is 0.494 e. The van der Waals surface area contributed by atoms with Gasteiger partial charge in [0.1, 0.15) is 5.75 Å². The molecule has 0 spiro atoms. The Morgan fingerprint density at radius 2 is 1.71 bits per heavy atom. The third kappa shape index (κ3) is 4.41. The molecule has 1 amide bonds. The van der Waals surface area contributed by atoms with Crippen LogP contribution in [0.15, 0.2) is 77.7 Å². The summed E-state index contributed by atoms with van der Waals surface area (Å²) < 4.78 is 33.3. The van der Waals surface area contributed by atoms with Gasteiger partial charge in [-0.3, -0.25) is 9.10 Å². The third-order valence-corrected chi connectivity index (χ3v) is 7.02. The first-order valence-electron chi connectivity index (χ1n) is 10.2. The first-order chi connectivity index (χ1) is 15.0. The number of carbonyl (C=O) groups excluding carboxylic acids is 1. The van der Waals surface area contributed by atoms with E-state index >= 15 is 0 Å². The molecule has 1 N–H and O–H groups in total. The predicted molar refractivity (Wildman–Crippen MR) is 121 cm³/mol. The second-order valence-electron chi connectivity index (χ2n) is 7.25. The van der Waals surface area contributed by atoms with Gasteiger partial charge in [-0.1, -0.05) is 18.2 Å². The number of nitrogens with one attached hydrogen (secondary N) is 1. The minimum Gasteiger partial charge on any atom is -0.494 e. The lowest BCUT2D eigenvalue weighted by Gasteiger charge is -2.30. The number of para-hydroxylation sites is 1. The summed E-state index contributed by atoms with van der Waals surface area (Å²) in [5.74, 6) is 0.427. The van der Waals surface area contributed by atoms with Crippen molar-refractivity contribution < 1.29 is 17.9 Å². The molecule has 0 bridgehead atoms. The second kappa shape index (κ2) is 8.81. The van der Waals surface area contributed by atoms with Crippen LogP contribution in [0.5, 0.6) is 5.75 Å². The molecule has 0 saturated carbocycles. The standard InChI is InChI=1S/C24H24N2O4S/c1-2-30-21-13-9-19(10-14-21)24(27)25-20-11-15-22(16-12-20)31(28,29)26-17-5-7-18-6-3-4-8-23(18)26/h3-4,6,8-16H,2,5,7,17H2,1H3,(H,25,27). The Morgan fingerprint density at radius 3 is 2.42 bits per heavy atom. The van der Waals surface area contributed by atoms with E-state index in [-0.39, 0.29) is 10.8 Å². The molecule has 0 radical (unpaired) electrons. The van der Waals surface area contributed by atoms with E-state index in [4.69, 9.17) is 4.74 Å². The van der Waals surface area contributed by atoms with Gasteiger partial charge in [-0.2, -0.15) is 0 Å². The van der Waals surface area contributed by atoms with Crippen molar-refractivity contribution in [2.24, 2.45) is 0 Å². The van der Waals surface area contributed by atoms with Crippen molar-refractivity contribution >= 4 is 27.3 Å². The summed E-state index contributed by atoms with van der Waals surface area (Å²) in [5, 5.41) is 2.80. The Kier molecular flexibility index (Phi) is 5.95. The van der Waals surface area contributed by atoms with Crippen molar-refractivity contribution in [3.63, 3.8) is 0 Å². The van der Waals surface area contributed by atoms with Gasteiger partial charge in [-0.05, 0) is 79.9 Å². The van der Waals surface area contributed by atoms with Crippen LogP contribution in [-0.4, -0.2) is 27.5 Å². The highest BCUT2D eigenvalue weighted by atomic mass is 32.2. The van der Waals surface area contributed by atoms with Crippen LogP contribution in [0.4, 0.5) is 11.4 Å². The molecule has 0 fully saturated rings. The number of nitrogens with zero attached hydrogens (tertiary/aromatic N) is 1. The monoisotopic (exact) mass is 436 g/mol. The third-order valence-electron chi connectivity index (χ3n) is 5.20. The lowest BCUT2D eigenvalue weighted by molar-refractivity contribution is 0.102. The minimum absolute atomic E-state index is 0.197. The molecule has 0 unspecified atom stereocenters. The van der Waals surface area contributed by atoms with Crippen LogP contribution in [0.3, 0.4) is 0 Å². The predicted octanol–water partition coefficient (Wildman–Crippen LogP) is 4.48. The molecule has 1 aliphatic rings. The number of fused-ring (bicyclic) bond motifs is 1. The molecule has 7 heteroatoms. The van der Waals surface area contributed by atoms with E-state index in [2.05, 4.69) is 5.32 Å². The summed E-state index contributed by atoms with van der Waals surface area (Å²) in [7, 11) is -3.68. The first kappa shape index (κ1) is 20.9. The fourth-order valence-electron chi connectivity index (χ4n) is 3.66. The van der Waals surface area contributed by atoms with Crippen molar-refractivity contribution in [1.29, 1.82) is 0 Å². The van der Waals surface area contributed by atoms with Crippen LogP contribution in [-0.2, 0) is 16.4 Å². The van der Waals surface area contributed by atoms with E-state index in [0.29, 0.717) is 30.2 Å². The van der Waals surface area contributed by atoms with Crippen molar-refractivity contribution in [3.8, 4) is 5.75 Å². The number of hydrogen-bond donors (Lipinski definition) is 1. The van der Waals surface area contributed by atoms with Crippen LogP contribution in [0.25, 0.3) is 0 Å². The Hall–Kier alpha value is -3.32. The molecule has 4 rings (SSSR count). The van der Waals surface area contributed by atoms with Gasteiger partial charge in [0.25, 0.3) is 15.9 Å². The summed E-state index contributed by atoms with van der Waals surface area (Å²) in [4.78, 5) is 12.7. The Morgan fingerprint density at radius 1 is 1.00 bits per heavy atom. The molecule has 1 aliphatic heterocycles. The van der Waals surface area contributed by atoms with Gasteiger partial charge in [0.2, 0.25) is 0 Å². The maximum Gasteiger partial charge on any atom is 0.264 e. The summed E-state index contributed by atoms with van der Waals surface area (Å²) in [6, 6.07) is 20.7. The van der Waals surface area contributed by atoms with Gasteiger partial charge in [0.15, 0.2) is 0 Å². The average Bonchev–Trinajstić information content (AvgIpc) is 2.79. The zero-order valence-electron chi connectivity index (χ0n) is 17.2. The van der Waals surface area contributed by atoms with Gasteiger partial charge in [-0.15, -0.1) is 0 Å². The van der Waals surface area contributed by atoms with Crippen molar-refractivity contribution in [2.75, 3.05) is 22.8 Å². The number of sulfonamides is 1. The lowest BCUT2D eigenvalue weighted by Crippen LogP contribution is -2.35. The van der Waals surface area contributed by atoms with Gasteiger partial charge < -0.3 is 10.1 Å². The van der Waals surface area contributed by atoms with Crippen LogP contribution in [0.1, 0.15) is 29.3 Å². The van der Waals surface area contributed by atoms with Gasteiger partial charge in [-0.25, -0.2) is 8.42 Å². The zero-order chi connectivity index (χ0) is 21.8. The lowest BCUT2D eigenvalue weighted by atomic mass is 10.0. The maximum atomic E-state index is 13.2. The summed E-state index contributed by atoms with van der Waals surface area (Å²) in [6.07, 6.45) is 1.66. The van der Waals surface area contributed by atoms with Crippen molar-refractivity contribution in [2.45, 2.75) is 24.7 Å². The molecule has 3 aromatic rings. The van der Waals surface area contributed by atoms with Crippen LogP contribution >= 0.6 is 0 Å². The highest BCUT2D eigenvalue weighted by molar-refractivity contribution is 7.92. The fourth-order valence-corrected chi connectivity index (χ4v) is 5.20. The summed E-state index contributed by atoms with van der Waals surface area (Å²) in [5.41, 5.74) is 2.79. The second-order valence-corrected chi connectivity index (χ2v) is 9.11. The fraction of sp³-hybridized carbons (Fsp3) is 0.208. The topological polar surface area (TPSA) is 75.7 Å². The Bertz CT molecular complexity index is 1170. The SMILES string of the molecule is CCOc1ccc(C(=O)Nc2ccc(S(=O)(=O)N3CCCc4ccccc43)cc2)cc1. The van der Waals surface area contributed by atoms with Crippen molar-refractivity contribution in [1.82, 2.24) is 0 Å². The van der Waals surface area contributed by atoms with Gasteiger partial charge in [0.05, 0.1) is 17.2 Å². The molecule has 1 heterocycles. The van der Waals surface area contributed by atoms with Gasteiger partial charge in [0, 0.05) is 17.8 Å². The molecule has 3 aromatic carbocycles. The number of ether oxygens (including phenoxy) is 1. The molecule has 0 aromatic heterocycles. The normalized spacial score (nSPS) is 13.4. The number of rotatable bonds is 6. The van der Waals surface area contributed by atoms with Crippen LogP contribution in [0, 0.1) is 0 Å². The summed E-state index contributed by atoms with van der Waals surface area (Å²) in [6.45, 7) is 2.91. The number of benzene rings is 3. The summed E-state index contributed by atoms with van der Waals surface area (Å²) >= 11 is 0.